The zero-order valence-corrected chi connectivity index (χ0v) is 18.4. The molecule has 1 amide bonds. The summed E-state index contributed by atoms with van der Waals surface area (Å²) < 4.78 is 5.56. The molecule has 5 rings (SSSR count). The summed E-state index contributed by atoms with van der Waals surface area (Å²) in [4.78, 5) is 18.5. The summed E-state index contributed by atoms with van der Waals surface area (Å²) in [6.45, 7) is 1.18. The van der Waals surface area contributed by atoms with Crippen LogP contribution >= 0.6 is 22.9 Å². The predicted molar refractivity (Wildman–Crippen MR) is 122 cm³/mol. The zero-order chi connectivity index (χ0) is 21.7. The number of fused-ring (bicyclic) bond motifs is 1. The SMILES string of the molecule is COc1cc(N2Cc3cc(-c4ccc(Cl)cc4)sc3C2=O)ccc1N1CC(O)C(O)C1. The summed E-state index contributed by atoms with van der Waals surface area (Å²) >= 11 is 7.47. The number of hydrogen-bond acceptors (Lipinski definition) is 6. The molecule has 1 saturated heterocycles. The normalized spacial score (nSPS) is 20.5. The van der Waals surface area contributed by atoms with Crippen LogP contribution in [0.4, 0.5) is 11.4 Å². The van der Waals surface area contributed by atoms with Crippen molar-refractivity contribution in [3.63, 3.8) is 0 Å². The average molecular weight is 457 g/mol. The fourth-order valence-electron chi connectivity index (χ4n) is 4.12. The van der Waals surface area contributed by atoms with Gasteiger partial charge in [-0.1, -0.05) is 23.7 Å². The van der Waals surface area contributed by atoms with Crippen LogP contribution in [0.2, 0.25) is 5.02 Å². The van der Waals surface area contributed by atoms with Crippen LogP contribution in [0, 0.1) is 0 Å². The summed E-state index contributed by atoms with van der Waals surface area (Å²) in [5, 5.41) is 20.4. The molecule has 8 heteroatoms. The molecule has 2 N–H and O–H groups in total. The smallest absolute Gasteiger partial charge is 0.269 e. The number of nitrogens with zero attached hydrogens (tertiary/aromatic N) is 2. The van der Waals surface area contributed by atoms with Crippen LogP contribution in [-0.2, 0) is 6.54 Å². The lowest BCUT2D eigenvalue weighted by Crippen LogP contribution is -2.24. The molecule has 3 aromatic rings. The minimum absolute atomic E-state index is 0.0259. The number of aliphatic hydroxyl groups excluding tert-OH is 2. The molecule has 2 aliphatic heterocycles. The van der Waals surface area contributed by atoms with Gasteiger partial charge < -0.3 is 24.7 Å². The fraction of sp³-hybridized carbons (Fsp3) is 0.261. The van der Waals surface area contributed by atoms with E-state index in [1.165, 1.54) is 11.3 Å². The number of thiophene rings is 1. The molecule has 0 bridgehead atoms. The van der Waals surface area contributed by atoms with Gasteiger partial charge in [0.15, 0.2) is 0 Å². The minimum Gasteiger partial charge on any atom is -0.495 e. The van der Waals surface area contributed by atoms with Crippen molar-refractivity contribution >= 4 is 40.2 Å². The lowest BCUT2D eigenvalue weighted by atomic mass is 10.1. The molecule has 1 aromatic heterocycles. The van der Waals surface area contributed by atoms with Crippen molar-refractivity contribution in [3.8, 4) is 16.2 Å². The van der Waals surface area contributed by atoms with E-state index in [1.807, 2.05) is 47.4 Å². The van der Waals surface area contributed by atoms with Gasteiger partial charge in [-0.3, -0.25) is 4.79 Å². The van der Waals surface area contributed by atoms with Gasteiger partial charge >= 0.3 is 0 Å². The van der Waals surface area contributed by atoms with E-state index in [0.29, 0.717) is 30.4 Å². The second-order valence-corrected chi connectivity index (χ2v) is 9.25. The van der Waals surface area contributed by atoms with Crippen molar-refractivity contribution in [2.75, 3.05) is 30.0 Å². The molecule has 2 aromatic carbocycles. The van der Waals surface area contributed by atoms with Gasteiger partial charge in [-0.25, -0.2) is 0 Å². The Kier molecular flexibility index (Phi) is 5.14. The lowest BCUT2D eigenvalue weighted by Gasteiger charge is -2.23. The van der Waals surface area contributed by atoms with Crippen LogP contribution in [0.3, 0.4) is 0 Å². The monoisotopic (exact) mass is 456 g/mol. The molecule has 2 unspecified atom stereocenters. The number of carbonyl (C=O) groups excluding carboxylic acids is 1. The Morgan fingerprint density at radius 2 is 1.77 bits per heavy atom. The molecule has 3 heterocycles. The van der Waals surface area contributed by atoms with Crippen molar-refractivity contribution in [3.05, 3.63) is 64.0 Å². The van der Waals surface area contributed by atoms with Gasteiger partial charge in [0.05, 0.1) is 36.4 Å². The molecule has 160 valence electrons. The highest BCUT2D eigenvalue weighted by Crippen LogP contribution is 2.41. The Balaban J connectivity index is 1.40. The number of halogens is 1. The van der Waals surface area contributed by atoms with E-state index in [1.54, 1.807) is 12.0 Å². The number of β-amino-alcohol motifs (C(OH)–C–C–N with tert-alkyl or cyclic N) is 2. The Labute approximate surface area is 188 Å². The van der Waals surface area contributed by atoms with Gasteiger partial charge in [-0.15, -0.1) is 11.3 Å². The van der Waals surface area contributed by atoms with Crippen LogP contribution in [0.1, 0.15) is 15.2 Å². The fourth-order valence-corrected chi connectivity index (χ4v) is 5.37. The van der Waals surface area contributed by atoms with Crippen LogP contribution in [0.25, 0.3) is 10.4 Å². The van der Waals surface area contributed by atoms with Crippen LogP contribution in [-0.4, -0.2) is 48.5 Å². The third kappa shape index (κ3) is 3.57. The molecule has 31 heavy (non-hydrogen) atoms. The van der Waals surface area contributed by atoms with Gasteiger partial charge in [-0.05, 0) is 41.5 Å². The van der Waals surface area contributed by atoms with Crippen molar-refractivity contribution in [1.29, 1.82) is 0 Å². The van der Waals surface area contributed by atoms with E-state index in [0.717, 1.165) is 32.3 Å². The third-order valence-corrected chi connectivity index (χ3v) is 7.25. The molecule has 0 radical (unpaired) electrons. The van der Waals surface area contributed by atoms with Crippen LogP contribution in [0.5, 0.6) is 5.75 Å². The average Bonchev–Trinajstić information content (AvgIpc) is 3.43. The summed E-state index contributed by atoms with van der Waals surface area (Å²) in [7, 11) is 1.58. The van der Waals surface area contributed by atoms with Gasteiger partial charge in [-0.2, -0.15) is 0 Å². The second-order valence-electron chi connectivity index (χ2n) is 7.76. The van der Waals surface area contributed by atoms with E-state index in [2.05, 4.69) is 6.07 Å². The zero-order valence-electron chi connectivity index (χ0n) is 16.8. The molecule has 0 aliphatic carbocycles. The molecule has 0 spiro atoms. The van der Waals surface area contributed by atoms with E-state index >= 15 is 0 Å². The Morgan fingerprint density at radius 1 is 1.06 bits per heavy atom. The Morgan fingerprint density at radius 3 is 2.42 bits per heavy atom. The number of carbonyl (C=O) groups is 1. The Hall–Kier alpha value is -2.58. The predicted octanol–water partition coefficient (Wildman–Crippen LogP) is 3.78. The molecule has 2 aliphatic rings. The summed E-state index contributed by atoms with van der Waals surface area (Å²) in [6, 6.07) is 15.3. The van der Waals surface area contributed by atoms with Crippen molar-refractivity contribution in [2.24, 2.45) is 0 Å². The lowest BCUT2D eigenvalue weighted by molar-refractivity contribution is 0.0572. The van der Waals surface area contributed by atoms with Crippen LogP contribution in [0.15, 0.2) is 48.5 Å². The van der Waals surface area contributed by atoms with Gasteiger partial charge in [0, 0.05) is 34.7 Å². The highest BCUT2D eigenvalue weighted by Gasteiger charge is 2.34. The number of benzene rings is 2. The second kappa shape index (κ2) is 7.84. The minimum atomic E-state index is -0.782. The molecule has 0 saturated carbocycles. The summed E-state index contributed by atoms with van der Waals surface area (Å²) in [6.07, 6.45) is -1.56. The van der Waals surface area contributed by atoms with Crippen molar-refractivity contribution < 1.29 is 19.7 Å². The standard InChI is InChI=1S/C23H21ClN2O4S/c1-30-20-9-16(6-7-17(20)25-11-18(27)19(28)12-25)26-10-14-8-21(31-22(14)23(26)29)13-2-4-15(24)5-3-13/h2-9,18-19,27-28H,10-12H2,1H3. The maximum Gasteiger partial charge on any atom is 0.269 e. The molecule has 2 atom stereocenters. The summed E-state index contributed by atoms with van der Waals surface area (Å²) in [5.74, 6) is 0.575. The first-order valence-electron chi connectivity index (χ1n) is 9.94. The topological polar surface area (TPSA) is 73.2 Å². The number of anilines is 2. The van der Waals surface area contributed by atoms with E-state index in [4.69, 9.17) is 16.3 Å². The molecular weight excluding hydrogens is 436 g/mol. The van der Waals surface area contributed by atoms with E-state index < -0.39 is 12.2 Å². The van der Waals surface area contributed by atoms with Crippen LogP contribution < -0.4 is 14.5 Å². The molecular formula is C23H21ClN2O4S. The summed E-state index contributed by atoms with van der Waals surface area (Å²) in [5.41, 5.74) is 3.59. The molecule has 1 fully saturated rings. The highest BCUT2D eigenvalue weighted by molar-refractivity contribution is 7.17. The van der Waals surface area contributed by atoms with Crippen molar-refractivity contribution in [1.82, 2.24) is 0 Å². The first-order valence-corrected chi connectivity index (χ1v) is 11.1. The number of ether oxygens (including phenoxy) is 1. The van der Waals surface area contributed by atoms with E-state index in [-0.39, 0.29) is 5.91 Å². The van der Waals surface area contributed by atoms with Crippen molar-refractivity contribution in [2.45, 2.75) is 18.8 Å². The number of amides is 1. The van der Waals surface area contributed by atoms with E-state index in [9.17, 15) is 15.0 Å². The maximum absolute atomic E-state index is 13.1. The quantitative estimate of drug-likeness (QED) is 0.625. The largest absolute Gasteiger partial charge is 0.495 e. The number of aliphatic hydroxyl groups is 2. The third-order valence-electron chi connectivity index (χ3n) is 5.78. The maximum atomic E-state index is 13.1. The Bertz CT molecular complexity index is 1140. The number of hydrogen-bond donors (Lipinski definition) is 2. The first kappa shape index (κ1) is 20.3. The number of rotatable bonds is 4. The molecule has 6 nitrogen and oxygen atoms in total. The van der Waals surface area contributed by atoms with Gasteiger partial charge in [0.2, 0.25) is 0 Å². The first-order chi connectivity index (χ1) is 14.9. The van der Waals surface area contributed by atoms with Gasteiger partial charge in [0.1, 0.15) is 5.75 Å². The number of methoxy groups -OCH3 is 1. The van der Waals surface area contributed by atoms with Gasteiger partial charge in [0.25, 0.3) is 5.91 Å². The highest BCUT2D eigenvalue weighted by atomic mass is 35.5.